The second kappa shape index (κ2) is 12.6. The molecule has 0 atom stereocenters. The normalized spacial score (nSPS) is 11.2. The van der Waals surface area contributed by atoms with E-state index in [0.717, 1.165) is 32.1 Å². The Balaban J connectivity index is 3.50. The highest BCUT2D eigenvalue weighted by atomic mass is 16.5. The Bertz CT molecular complexity index is 313. The summed E-state index contributed by atoms with van der Waals surface area (Å²) in [7, 11) is 1.84. The van der Waals surface area contributed by atoms with Gasteiger partial charge in [0, 0.05) is 32.4 Å². The molecule has 0 unspecified atom stereocenters. The van der Waals surface area contributed by atoms with Crippen LogP contribution >= 0.6 is 0 Å². The molecule has 0 aromatic carbocycles. The number of Topliss-reactive ketones (excluding diaryl/α,β-unsaturated/α-hetero) is 1. The van der Waals surface area contributed by atoms with Crippen LogP contribution in [0.1, 0.15) is 72.6 Å². The fourth-order valence-corrected chi connectivity index (χ4v) is 2.14. The Kier molecular flexibility index (Phi) is 12.1. The minimum absolute atomic E-state index is 0.160. The molecule has 0 rings (SSSR count). The highest BCUT2D eigenvalue weighted by molar-refractivity contribution is 5.80. The predicted octanol–water partition coefficient (Wildman–Crippen LogP) is 3.83. The van der Waals surface area contributed by atoms with Gasteiger partial charge < -0.3 is 9.64 Å². The molecule has 0 spiro atoms. The summed E-state index contributed by atoms with van der Waals surface area (Å²) in [5, 5.41) is 0. The van der Waals surface area contributed by atoms with Crippen molar-refractivity contribution in [3.05, 3.63) is 0 Å². The van der Waals surface area contributed by atoms with Gasteiger partial charge in [0.15, 0.2) is 0 Å². The van der Waals surface area contributed by atoms with Crippen molar-refractivity contribution in [2.45, 2.75) is 78.7 Å². The third kappa shape index (κ3) is 11.7. The Hall–Kier alpha value is -0.900. The molecule has 0 N–H and O–H groups in total. The van der Waals surface area contributed by atoms with Gasteiger partial charge in [0.05, 0.1) is 12.7 Å². The van der Waals surface area contributed by atoms with Crippen LogP contribution in [0.15, 0.2) is 0 Å². The summed E-state index contributed by atoms with van der Waals surface area (Å²) in [5.41, 5.74) is 0. The lowest BCUT2D eigenvalue weighted by molar-refractivity contribution is -0.130. The molecule has 4 heteroatoms. The number of likely N-dealkylation sites (N-methyl/N-ethyl adjacent to an activating group) is 1. The van der Waals surface area contributed by atoms with E-state index < -0.39 is 0 Å². The minimum Gasteiger partial charge on any atom is -0.377 e. The lowest BCUT2D eigenvalue weighted by Crippen LogP contribution is -2.30. The summed E-state index contributed by atoms with van der Waals surface area (Å²) in [6.07, 6.45) is 6.72. The molecule has 0 aliphatic rings. The molecule has 1 amide bonds. The van der Waals surface area contributed by atoms with Gasteiger partial charge in [-0.15, -0.1) is 0 Å². The fourth-order valence-electron chi connectivity index (χ4n) is 2.14. The zero-order valence-electron chi connectivity index (χ0n) is 15.2. The molecule has 0 aromatic rings. The van der Waals surface area contributed by atoms with Crippen molar-refractivity contribution < 1.29 is 14.3 Å². The predicted molar refractivity (Wildman–Crippen MR) is 90.9 cm³/mol. The average molecular weight is 313 g/mol. The van der Waals surface area contributed by atoms with E-state index in [2.05, 4.69) is 0 Å². The zero-order chi connectivity index (χ0) is 17.0. The van der Waals surface area contributed by atoms with Crippen LogP contribution in [0.2, 0.25) is 0 Å². The van der Waals surface area contributed by atoms with Crippen LogP contribution in [0.5, 0.6) is 0 Å². The largest absolute Gasteiger partial charge is 0.377 e. The molecule has 0 aliphatic heterocycles. The van der Waals surface area contributed by atoms with Gasteiger partial charge in [-0.3, -0.25) is 9.59 Å². The van der Waals surface area contributed by atoms with Crippen molar-refractivity contribution in [2.75, 3.05) is 20.2 Å². The van der Waals surface area contributed by atoms with E-state index >= 15 is 0 Å². The number of ether oxygens (including phenoxy) is 1. The summed E-state index contributed by atoms with van der Waals surface area (Å²) >= 11 is 0. The monoisotopic (exact) mass is 313 g/mol. The van der Waals surface area contributed by atoms with Gasteiger partial charge in [-0.05, 0) is 26.7 Å². The average Bonchev–Trinajstić information content (AvgIpc) is 2.44. The SMILES string of the molecule is CC(C)OCCN(C)C(=O)CCCCCCCC(=O)C(C)C. The standard InChI is InChI=1S/C18H35NO3/c1-15(2)17(20)11-9-7-6-8-10-12-18(21)19(5)13-14-22-16(3)4/h15-16H,6-14H2,1-5H3. The smallest absolute Gasteiger partial charge is 0.222 e. The molecule has 0 aromatic heterocycles. The second-order valence-corrected chi connectivity index (χ2v) is 6.62. The number of carbonyl (C=O) groups is 2. The number of unbranched alkanes of at least 4 members (excludes halogenated alkanes) is 4. The van der Waals surface area contributed by atoms with Gasteiger partial charge >= 0.3 is 0 Å². The molecule has 130 valence electrons. The number of hydrogen-bond acceptors (Lipinski definition) is 3. The van der Waals surface area contributed by atoms with Crippen LogP contribution < -0.4 is 0 Å². The van der Waals surface area contributed by atoms with Crippen molar-refractivity contribution in [3.8, 4) is 0 Å². The van der Waals surface area contributed by atoms with Gasteiger partial charge in [-0.1, -0.05) is 33.1 Å². The first kappa shape index (κ1) is 21.1. The van der Waals surface area contributed by atoms with Crippen LogP contribution in [-0.2, 0) is 14.3 Å². The van der Waals surface area contributed by atoms with Gasteiger partial charge in [-0.25, -0.2) is 0 Å². The van der Waals surface area contributed by atoms with E-state index in [4.69, 9.17) is 4.74 Å². The summed E-state index contributed by atoms with van der Waals surface area (Å²) < 4.78 is 5.45. The Morgan fingerprint density at radius 2 is 1.45 bits per heavy atom. The number of ketones is 1. The van der Waals surface area contributed by atoms with Crippen molar-refractivity contribution in [3.63, 3.8) is 0 Å². The molecular weight excluding hydrogens is 278 g/mol. The molecule has 22 heavy (non-hydrogen) atoms. The highest BCUT2D eigenvalue weighted by Crippen LogP contribution is 2.10. The van der Waals surface area contributed by atoms with E-state index in [9.17, 15) is 9.59 Å². The summed E-state index contributed by atoms with van der Waals surface area (Å²) in [5.74, 6) is 0.718. The van der Waals surface area contributed by atoms with Gasteiger partial charge in [-0.2, -0.15) is 0 Å². The van der Waals surface area contributed by atoms with Crippen LogP contribution in [0.3, 0.4) is 0 Å². The first-order chi connectivity index (χ1) is 10.3. The molecule has 0 aliphatic carbocycles. The molecule has 0 bridgehead atoms. The Morgan fingerprint density at radius 3 is 2.00 bits per heavy atom. The van der Waals surface area contributed by atoms with E-state index in [0.29, 0.717) is 31.8 Å². The van der Waals surface area contributed by atoms with E-state index in [-0.39, 0.29) is 17.9 Å². The maximum Gasteiger partial charge on any atom is 0.222 e. The van der Waals surface area contributed by atoms with Crippen LogP contribution in [0.25, 0.3) is 0 Å². The van der Waals surface area contributed by atoms with E-state index in [1.54, 1.807) is 4.90 Å². The van der Waals surface area contributed by atoms with Gasteiger partial charge in [0.2, 0.25) is 5.91 Å². The maximum atomic E-state index is 11.9. The number of hydrogen-bond donors (Lipinski definition) is 0. The first-order valence-electron chi connectivity index (χ1n) is 8.72. The van der Waals surface area contributed by atoms with Gasteiger partial charge in [0.1, 0.15) is 5.78 Å². The lowest BCUT2D eigenvalue weighted by Gasteiger charge is -2.18. The molecule has 4 nitrogen and oxygen atoms in total. The molecule has 0 fully saturated rings. The summed E-state index contributed by atoms with van der Waals surface area (Å²) in [6, 6.07) is 0. The third-order valence-corrected chi connectivity index (χ3v) is 3.76. The quantitative estimate of drug-likeness (QED) is 0.486. The Morgan fingerprint density at radius 1 is 0.909 bits per heavy atom. The van der Waals surface area contributed by atoms with E-state index in [1.165, 1.54) is 0 Å². The molecule has 0 heterocycles. The first-order valence-corrected chi connectivity index (χ1v) is 8.72. The molecule has 0 saturated heterocycles. The molecular formula is C18H35NO3. The summed E-state index contributed by atoms with van der Waals surface area (Å²) in [4.78, 5) is 25.1. The van der Waals surface area contributed by atoms with Crippen LogP contribution in [-0.4, -0.2) is 42.9 Å². The number of nitrogens with zero attached hydrogens (tertiary/aromatic N) is 1. The van der Waals surface area contributed by atoms with Crippen molar-refractivity contribution >= 4 is 11.7 Å². The lowest BCUT2D eigenvalue weighted by atomic mass is 10.0. The maximum absolute atomic E-state index is 11.9. The number of carbonyl (C=O) groups excluding carboxylic acids is 2. The molecule has 0 radical (unpaired) electrons. The molecule has 0 saturated carbocycles. The van der Waals surface area contributed by atoms with Gasteiger partial charge in [0.25, 0.3) is 0 Å². The van der Waals surface area contributed by atoms with Crippen molar-refractivity contribution in [1.82, 2.24) is 4.90 Å². The van der Waals surface area contributed by atoms with Crippen molar-refractivity contribution in [1.29, 1.82) is 0 Å². The highest BCUT2D eigenvalue weighted by Gasteiger charge is 2.09. The second-order valence-electron chi connectivity index (χ2n) is 6.62. The topological polar surface area (TPSA) is 46.6 Å². The Labute approximate surface area is 136 Å². The fraction of sp³-hybridized carbons (Fsp3) is 0.889. The zero-order valence-corrected chi connectivity index (χ0v) is 15.2. The van der Waals surface area contributed by atoms with Crippen LogP contribution in [0, 0.1) is 5.92 Å². The van der Waals surface area contributed by atoms with E-state index in [1.807, 2.05) is 34.7 Å². The van der Waals surface area contributed by atoms with Crippen molar-refractivity contribution in [2.24, 2.45) is 5.92 Å². The summed E-state index contributed by atoms with van der Waals surface area (Å²) in [6.45, 7) is 9.17. The minimum atomic E-state index is 0.160. The number of amides is 1. The number of rotatable bonds is 13. The third-order valence-electron chi connectivity index (χ3n) is 3.76. The van der Waals surface area contributed by atoms with Crippen LogP contribution in [0.4, 0.5) is 0 Å².